The van der Waals surface area contributed by atoms with Gasteiger partial charge in [0.05, 0.1) is 5.02 Å². The number of rotatable bonds is 4. The molecule has 1 N–H and O–H groups in total. The zero-order chi connectivity index (χ0) is 16.2. The number of ether oxygens (including phenoxy) is 1. The molecule has 0 bridgehead atoms. The van der Waals surface area contributed by atoms with E-state index in [1.54, 1.807) is 0 Å². The van der Waals surface area contributed by atoms with E-state index in [0.717, 1.165) is 43.2 Å². The van der Waals surface area contributed by atoms with Crippen LogP contribution >= 0.6 is 23.2 Å². The fourth-order valence-corrected chi connectivity index (χ4v) is 3.96. The third-order valence-electron chi connectivity index (χ3n) is 5.09. The van der Waals surface area contributed by atoms with Crippen molar-refractivity contribution in [3.8, 4) is 5.75 Å². The van der Waals surface area contributed by atoms with Crippen molar-refractivity contribution >= 4 is 23.2 Å². The first kappa shape index (κ1) is 17.3. The van der Waals surface area contributed by atoms with E-state index >= 15 is 0 Å². The molecule has 2 heterocycles. The summed E-state index contributed by atoms with van der Waals surface area (Å²) < 4.78 is 6.13. The predicted molar refractivity (Wildman–Crippen MR) is 96.9 cm³/mol. The normalized spacial score (nSPS) is 21.5. The van der Waals surface area contributed by atoms with Crippen molar-refractivity contribution in [3.05, 3.63) is 27.7 Å². The maximum atomic E-state index is 6.35. The lowest BCUT2D eigenvalue weighted by molar-refractivity contribution is 0.0873. The van der Waals surface area contributed by atoms with Crippen molar-refractivity contribution in [1.82, 2.24) is 10.2 Å². The first-order valence-electron chi connectivity index (χ1n) is 8.68. The highest BCUT2D eigenvalue weighted by Gasteiger charge is 2.24. The third-order valence-corrected chi connectivity index (χ3v) is 5.97. The van der Waals surface area contributed by atoms with Crippen molar-refractivity contribution in [2.45, 2.75) is 38.7 Å². The number of piperidine rings is 2. The van der Waals surface area contributed by atoms with Gasteiger partial charge in [0, 0.05) is 24.7 Å². The lowest BCUT2D eigenvalue weighted by Crippen LogP contribution is -2.42. The van der Waals surface area contributed by atoms with Crippen LogP contribution in [-0.4, -0.2) is 43.7 Å². The monoisotopic (exact) mass is 356 g/mol. The molecule has 0 aromatic heterocycles. The Bertz CT molecular complexity index is 524. The minimum Gasteiger partial charge on any atom is -0.489 e. The number of hydrogen-bond acceptors (Lipinski definition) is 3. The summed E-state index contributed by atoms with van der Waals surface area (Å²) in [4.78, 5) is 2.60. The number of hydrogen-bond donors (Lipinski definition) is 1. The average molecular weight is 357 g/mol. The van der Waals surface area contributed by atoms with Crippen LogP contribution in [0.25, 0.3) is 0 Å². The van der Waals surface area contributed by atoms with Crippen molar-refractivity contribution in [2.75, 3.05) is 32.7 Å². The van der Waals surface area contributed by atoms with Crippen LogP contribution in [0.4, 0.5) is 0 Å². The standard InChI is InChI=1S/C18H26Cl2N2O/c1-13-16(19)2-3-17(18(13)20)23-15-6-10-22(11-7-15)12-14-4-8-21-9-5-14/h2-3,14-15,21H,4-12H2,1H3. The van der Waals surface area contributed by atoms with Crippen molar-refractivity contribution in [1.29, 1.82) is 0 Å². The Morgan fingerprint density at radius 1 is 1.13 bits per heavy atom. The van der Waals surface area contributed by atoms with E-state index in [-0.39, 0.29) is 6.10 Å². The van der Waals surface area contributed by atoms with Crippen molar-refractivity contribution in [3.63, 3.8) is 0 Å². The van der Waals surface area contributed by atoms with Crippen LogP contribution < -0.4 is 10.1 Å². The SMILES string of the molecule is Cc1c(Cl)ccc(OC2CCN(CC3CCNCC3)CC2)c1Cl. The van der Waals surface area contributed by atoms with Gasteiger partial charge in [0.15, 0.2) is 0 Å². The smallest absolute Gasteiger partial charge is 0.138 e. The largest absolute Gasteiger partial charge is 0.489 e. The first-order valence-corrected chi connectivity index (χ1v) is 9.43. The number of likely N-dealkylation sites (tertiary alicyclic amines) is 1. The molecule has 2 saturated heterocycles. The molecule has 3 rings (SSSR count). The summed E-state index contributed by atoms with van der Waals surface area (Å²) in [6.07, 6.45) is 5.04. The molecule has 23 heavy (non-hydrogen) atoms. The summed E-state index contributed by atoms with van der Waals surface area (Å²) in [7, 11) is 0. The minimum absolute atomic E-state index is 0.261. The number of nitrogens with zero attached hydrogens (tertiary/aromatic N) is 1. The summed E-state index contributed by atoms with van der Waals surface area (Å²) in [5, 5.41) is 4.78. The quantitative estimate of drug-likeness (QED) is 0.876. The van der Waals surface area contributed by atoms with Gasteiger partial charge in [-0.05, 0) is 69.3 Å². The summed E-state index contributed by atoms with van der Waals surface area (Å²) >= 11 is 12.4. The van der Waals surface area contributed by atoms with E-state index in [2.05, 4.69) is 10.2 Å². The molecular weight excluding hydrogens is 331 g/mol. The van der Waals surface area contributed by atoms with Gasteiger partial charge in [-0.15, -0.1) is 0 Å². The lowest BCUT2D eigenvalue weighted by atomic mass is 9.96. The molecule has 2 aliphatic heterocycles. The molecule has 0 spiro atoms. The summed E-state index contributed by atoms with van der Waals surface area (Å²) in [6, 6.07) is 3.75. The topological polar surface area (TPSA) is 24.5 Å². The maximum absolute atomic E-state index is 6.35. The van der Waals surface area contributed by atoms with Crippen LogP contribution in [0.3, 0.4) is 0 Å². The second kappa shape index (κ2) is 8.06. The van der Waals surface area contributed by atoms with E-state index in [1.165, 1.54) is 32.5 Å². The Kier molecular flexibility index (Phi) is 6.08. The zero-order valence-electron chi connectivity index (χ0n) is 13.8. The van der Waals surface area contributed by atoms with Gasteiger partial charge in [-0.1, -0.05) is 23.2 Å². The van der Waals surface area contributed by atoms with Gasteiger partial charge in [-0.25, -0.2) is 0 Å². The highest BCUT2D eigenvalue weighted by molar-refractivity contribution is 6.36. The highest BCUT2D eigenvalue weighted by atomic mass is 35.5. The molecule has 1 aromatic rings. The van der Waals surface area contributed by atoms with Gasteiger partial charge in [0.25, 0.3) is 0 Å². The van der Waals surface area contributed by atoms with E-state index in [4.69, 9.17) is 27.9 Å². The summed E-state index contributed by atoms with van der Waals surface area (Å²) in [5.41, 5.74) is 0.897. The van der Waals surface area contributed by atoms with E-state index in [9.17, 15) is 0 Å². The molecule has 2 aliphatic rings. The Hall–Kier alpha value is -0.480. The molecule has 0 unspecified atom stereocenters. The zero-order valence-corrected chi connectivity index (χ0v) is 15.3. The van der Waals surface area contributed by atoms with Gasteiger partial charge in [0.1, 0.15) is 11.9 Å². The molecule has 1 aromatic carbocycles. The highest BCUT2D eigenvalue weighted by Crippen LogP contribution is 2.34. The first-order chi connectivity index (χ1) is 11.1. The van der Waals surface area contributed by atoms with Gasteiger partial charge in [0.2, 0.25) is 0 Å². The molecule has 3 nitrogen and oxygen atoms in total. The number of benzene rings is 1. The summed E-state index contributed by atoms with van der Waals surface area (Å²) in [5.74, 6) is 1.63. The second-order valence-electron chi connectivity index (χ2n) is 6.80. The average Bonchev–Trinajstić information content (AvgIpc) is 2.58. The van der Waals surface area contributed by atoms with Crippen LogP contribution in [0.5, 0.6) is 5.75 Å². The molecule has 0 aliphatic carbocycles. The molecule has 0 amide bonds. The third kappa shape index (κ3) is 4.54. The Labute approximate surface area is 149 Å². The molecule has 0 saturated carbocycles. The van der Waals surface area contributed by atoms with Crippen LogP contribution in [0.2, 0.25) is 10.0 Å². The fourth-order valence-electron chi connectivity index (χ4n) is 3.55. The fraction of sp³-hybridized carbons (Fsp3) is 0.667. The molecule has 2 fully saturated rings. The van der Waals surface area contributed by atoms with Gasteiger partial charge < -0.3 is 15.0 Å². The lowest BCUT2D eigenvalue weighted by Gasteiger charge is -2.35. The number of nitrogens with one attached hydrogen (secondary N) is 1. The molecule has 5 heteroatoms. The second-order valence-corrected chi connectivity index (χ2v) is 7.58. The molecular formula is C18H26Cl2N2O. The van der Waals surface area contributed by atoms with E-state index in [1.807, 2.05) is 19.1 Å². The number of halogens is 2. The van der Waals surface area contributed by atoms with Gasteiger partial charge in [-0.3, -0.25) is 0 Å². The summed E-state index contributed by atoms with van der Waals surface area (Å²) in [6.45, 7) is 7.78. The van der Waals surface area contributed by atoms with Gasteiger partial charge in [-0.2, -0.15) is 0 Å². The molecule has 0 radical (unpaired) electrons. The Morgan fingerprint density at radius 2 is 1.83 bits per heavy atom. The van der Waals surface area contributed by atoms with Crippen LogP contribution in [0.15, 0.2) is 12.1 Å². The minimum atomic E-state index is 0.261. The van der Waals surface area contributed by atoms with Crippen molar-refractivity contribution in [2.24, 2.45) is 5.92 Å². The van der Waals surface area contributed by atoms with Crippen LogP contribution in [-0.2, 0) is 0 Å². The molecule has 128 valence electrons. The van der Waals surface area contributed by atoms with Crippen molar-refractivity contribution < 1.29 is 4.74 Å². The Morgan fingerprint density at radius 3 is 2.52 bits per heavy atom. The molecule has 0 atom stereocenters. The van der Waals surface area contributed by atoms with Gasteiger partial charge >= 0.3 is 0 Å². The Balaban J connectivity index is 1.48. The predicted octanol–water partition coefficient (Wildman–Crippen LogP) is 4.14. The van der Waals surface area contributed by atoms with Crippen LogP contribution in [0, 0.1) is 12.8 Å². The van der Waals surface area contributed by atoms with E-state index < -0.39 is 0 Å². The van der Waals surface area contributed by atoms with Crippen LogP contribution in [0.1, 0.15) is 31.2 Å². The van der Waals surface area contributed by atoms with E-state index in [0.29, 0.717) is 10.0 Å². The maximum Gasteiger partial charge on any atom is 0.138 e.